The Morgan fingerprint density at radius 1 is 0.545 bits per heavy atom. The molecule has 4 nitrogen and oxygen atoms in total. The predicted octanol–water partition coefficient (Wildman–Crippen LogP) is 9.65. The van der Waals surface area contributed by atoms with Crippen molar-refractivity contribution in [1.29, 1.82) is 0 Å². The van der Waals surface area contributed by atoms with Crippen molar-refractivity contribution in [2.75, 3.05) is 0 Å². The fourth-order valence-electron chi connectivity index (χ4n) is 6.41. The van der Waals surface area contributed by atoms with Crippen molar-refractivity contribution in [3.05, 3.63) is 162 Å². The highest BCUT2D eigenvalue weighted by Gasteiger charge is 2.22. The summed E-state index contributed by atoms with van der Waals surface area (Å²) >= 11 is 1.87. The number of amidine groups is 2. The van der Waals surface area contributed by atoms with Crippen LogP contribution >= 0.6 is 11.3 Å². The fourth-order valence-corrected chi connectivity index (χ4v) is 7.65. The zero-order valence-corrected chi connectivity index (χ0v) is 24.5. The highest BCUT2D eigenvalue weighted by atomic mass is 32.1. The van der Waals surface area contributed by atoms with E-state index in [-0.39, 0.29) is 6.17 Å². The summed E-state index contributed by atoms with van der Waals surface area (Å²) in [5, 5.41) is 8.63. The lowest BCUT2D eigenvalue weighted by molar-refractivity contribution is 0.755. The van der Waals surface area contributed by atoms with Gasteiger partial charge in [-0.05, 0) is 24.3 Å². The summed E-state index contributed by atoms with van der Waals surface area (Å²) in [4.78, 5) is 10.3. The second-order valence-corrected chi connectivity index (χ2v) is 12.1. The van der Waals surface area contributed by atoms with E-state index in [1.807, 2.05) is 47.7 Å². The zero-order chi connectivity index (χ0) is 29.0. The Labute approximate surface area is 258 Å². The topological polar surface area (TPSA) is 41.7 Å². The van der Waals surface area contributed by atoms with E-state index in [0.29, 0.717) is 0 Å². The van der Waals surface area contributed by atoms with Crippen LogP contribution in [-0.4, -0.2) is 16.2 Å². The number of hydrogen-bond donors (Lipinski definition) is 1. The molecule has 3 heterocycles. The molecule has 6 aromatic carbocycles. The molecule has 0 bridgehead atoms. The van der Waals surface area contributed by atoms with Crippen LogP contribution in [0.2, 0.25) is 0 Å². The van der Waals surface area contributed by atoms with Gasteiger partial charge in [-0.2, -0.15) is 0 Å². The minimum atomic E-state index is -0.390. The molecular formula is C39H26N4S. The second kappa shape index (κ2) is 10.0. The lowest BCUT2D eigenvalue weighted by Crippen LogP contribution is -2.36. The van der Waals surface area contributed by atoms with Crippen LogP contribution < -0.4 is 5.32 Å². The summed E-state index contributed by atoms with van der Waals surface area (Å²) in [6.07, 6.45) is -0.390. The van der Waals surface area contributed by atoms with Gasteiger partial charge in [0.25, 0.3) is 0 Å². The number of rotatable bonds is 4. The van der Waals surface area contributed by atoms with Crippen LogP contribution in [0.4, 0.5) is 0 Å². The number of benzene rings is 6. The summed E-state index contributed by atoms with van der Waals surface area (Å²) in [7, 11) is 0. The van der Waals surface area contributed by atoms with Gasteiger partial charge in [0, 0.05) is 48.6 Å². The molecule has 0 unspecified atom stereocenters. The Bertz CT molecular complexity index is 2360. The first-order chi connectivity index (χ1) is 21.8. The molecule has 0 saturated carbocycles. The molecule has 208 valence electrons. The first kappa shape index (κ1) is 25.0. The summed E-state index contributed by atoms with van der Waals surface area (Å²) in [6, 6.07) is 51.3. The maximum atomic E-state index is 5.13. The van der Waals surface area contributed by atoms with Gasteiger partial charge in [-0.3, -0.25) is 0 Å². The number of hydrogen-bond acceptors (Lipinski definition) is 4. The largest absolute Gasteiger partial charge is 0.324 e. The molecule has 5 heteroatoms. The van der Waals surface area contributed by atoms with E-state index in [9.17, 15) is 0 Å². The first-order valence-corrected chi connectivity index (χ1v) is 15.6. The molecule has 2 aromatic heterocycles. The van der Waals surface area contributed by atoms with E-state index < -0.39 is 0 Å². The van der Waals surface area contributed by atoms with Gasteiger partial charge in [-0.15, -0.1) is 11.3 Å². The fraction of sp³-hybridized carbons (Fsp3) is 0.0256. The number of fused-ring (bicyclic) bond motifs is 7. The standard InChI is InChI=1S/C39H26N4S/c1-3-12-25(13-4-1)37-40-38(26-14-5-2-6-15-26)42-39(41-37)27-16-11-17-28(24-27)43-33-20-9-7-18-29(33)31-22-23-32-30-19-8-10-21-34(30)44-36(32)35(31)43/h1-24,39H,(H,40,41,42). The lowest BCUT2D eigenvalue weighted by atomic mass is 10.1. The third-order valence-corrected chi connectivity index (χ3v) is 9.63. The average molecular weight is 583 g/mol. The first-order valence-electron chi connectivity index (χ1n) is 14.8. The van der Waals surface area contributed by atoms with Gasteiger partial charge < -0.3 is 9.88 Å². The van der Waals surface area contributed by atoms with E-state index in [1.165, 1.54) is 42.0 Å². The van der Waals surface area contributed by atoms with Crippen LogP contribution in [0.5, 0.6) is 0 Å². The van der Waals surface area contributed by atoms with Crippen molar-refractivity contribution in [2.45, 2.75) is 6.17 Å². The van der Waals surface area contributed by atoms with Gasteiger partial charge in [0.1, 0.15) is 11.7 Å². The van der Waals surface area contributed by atoms with Crippen LogP contribution in [0.1, 0.15) is 22.9 Å². The van der Waals surface area contributed by atoms with Gasteiger partial charge in [-0.25, -0.2) is 9.98 Å². The third kappa shape index (κ3) is 3.98. The molecule has 8 aromatic rings. The molecular weight excluding hydrogens is 557 g/mol. The van der Waals surface area contributed by atoms with Crippen LogP contribution in [0.25, 0.3) is 47.7 Å². The number of aliphatic imine (C=N–C) groups is 2. The Morgan fingerprint density at radius 3 is 1.93 bits per heavy atom. The molecule has 1 aliphatic heterocycles. The maximum absolute atomic E-state index is 5.13. The number of para-hydroxylation sites is 1. The minimum Gasteiger partial charge on any atom is -0.324 e. The normalized spacial score (nSPS) is 13.8. The number of thiophene rings is 1. The van der Waals surface area contributed by atoms with Gasteiger partial charge in [0.15, 0.2) is 6.17 Å². The Hall–Kier alpha value is -5.52. The molecule has 1 N–H and O–H groups in total. The van der Waals surface area contributed by atoms with Crippen molar-refractivity contribution in [3.8, 4) is 5.69 Å². The summed E-state index contributed by atoms with van der Waals surface area (Å²) in [5.74, 6) is 1.64. The van der Waals surface area contributed by atoms with Gasteiger partial charge in [0.05, 0.1) is 15.7 Å². The molecule has 9 rings (SSSR count). The van der Waals surface area contributed by atoms with E-state index in [1.54, 1.807) is 0 Å². The quantitative estimate of drug-likeness (QED) is 0.221. The summed E-state index contributed by atoms with van der Waals surface area (Å²) in [6.45, 7) is 0. The summed E-state index contributed by atoms with van der Waals surface area (Å²) < 4.78 is 5.04. The number of nitrogens with one attached hydrogen (secondary N) is 1. The highest BCUT2D eigenvalue weighted by Crippen LogP contribution is 2.43. The van der Waals surface area contributed by atoms with Crippen LogP contribution in [0, 0.1) is 0 Å². The number of nitrogens with zero attached hydrogens (tertiary/aromatic N) is 3. The Balaban J connectivity index is 1.27. The molecule has 1 aliphatic rings. The van der Waals surface area contributed by atoms with Crippen molar-refractivity contribution in [3.63, 3.8) is 0 Å². The molecule has 44 heavy (non-hydrogen) atoms. The van der Waals surface area contributed by atoms with Crippen LogP contribution in [0.3, 0.4) is 0 Å². The van der Waals surface area contributed by atoms with Crippen molar-refractivity contribution >= 4 is 65.0 Å². The van der Waals surface area contributed by atoms with Crippen LogP contribution in [0.15, 0.2) is 156 Å². The van der Waals surface area contributed by atoms with Crippen molar-refractivity contribution < 1.29 is 0 Å². The van der Waals surface area contributed by atoms with Crippen LogP contribution in [-0.2, 0) is 0 Å². The monoisotopic (exact) mass is 582 g/mol. The molecule has 0 saturated heterocycles. The van der Waals surface area contributed by atoms with Gasteiger partial charge in [0.2, 0.25) is 0 Å². The van der Waals surface area contributed by atoms with Gasteiger partial charge >= 0.3 is 0 Å². The SMILES string of the molecule is c1ccc(C2=NC(c3cccc(-n4c5ccccc5c5ccc6c7ccccc7sc6c54)c3)N=C(c3ccccc3)N2)cc1. The van der Waals surface area contributed by atoms with Gasteiger partial charge in [-0.1, -0.05) is 121 Å². The predicted molar refractivity (Wildman–Crippen MR) is 186 cm³/mol. The van der Waals surface area contributed by atoms with Crippen molar-refractivity contribution in [2.24, 2.45) is 9.98 Å². The number of aromatic nitrogens is 1. The lowest BCUT2D eigenvalue weighted by Gasteiger charge is -2.22. The second-order valence-electron chi connectivity index (χ2n) is 11.1. The zero-order valence-electron chi connectivity index (χ0n) is 23.7. The van der Waals surface area contributed by atoms with E-state index >= 15 is 0 Å². The molecule has 0 aliphatic carbocycles. The smallest absolute Gasteiger partial charge is 0.169 e. The minimum absolute atomic E-state index is 0.390. The van der Waals surface area contributed by atoms with E-state index in [2.05, 4.69) is 119 Å². The van der Waals surface area contributed by atoms with E-state index in [4.69, 9.17) is 9.98 Å². The molecule has 0 amide bonds. The van der Waals surface area contributed by atoms with Crippen molar-refractivity contribution in [1.82, 2.24) is 9.88 Å². The molecule has 0 spiro atoms. The molecule has 0 radical (unpaired) electrons. The Kier molecular flexibility index (Phi) is 5.71. The average Bonchev–Trinajstić information content (AvgIpc) is 3.65. The highest BCUT2D eigenvalue weighted by molar-refractivity contribution is 7.26. The molecule has 0 atom stereocenters. The Morgan fingerprint density at radius 2 is 1.18 bits per heavy atom. The molecule has 0 fully saturated rings. The van der Waals surface area contributed by atoms with E-state index in [0.717, 1.165) is 34.0 Å². The summed E-state index contributed by atoms with van der Waals surface area (Å²) in [5.41, 5.74) is 6.65. The maximum Gasteiger partial charge on any atom is 0.169 e. The third-order valence-electron chi connectivity index (χ3n) is 8.44.